The molecule has 0 atom stereocenters. The monoisotopic (exact) mass is 224 g/mol. The summed E-state index contributed by atoms with van der Waals surface area (Å²) in [5.41, 5.74) is 0.904. The van der Waals surface area contributed by atoms with E-state index < -0.39 is 17.9 Å². The van der Waals surface area contributed by atoms with E-state index in [-0.39, 0.29) is 5.69 Å². The zero-order chi connectivity index (χ0) is 12.1. The second kappa shape index (κ2) is 5.20. The van der Waals surface area contributed by atoms with Crippen LogP contribution in [0.2, 0.25) is 0 Å². The minimum absolute atomic E-state index is 0.212. The highest BCUT2D eigenvalue weighted by atomic mass is 16.5. The van der Waals surface area contributed by atoms with Crippen molar-refractivity contribution in [3.05, 3.63) is 23.8 Å². The Morgan fingerprint density at radius 1 is 1.12 bits per heavy atom. The highest BCUT2D eigenvalue weighted by molar-refractivity contribution is 6.00. The molecule has 0 fully saturated rings. The topological polar surface area (TPSA) is 78.4 Å². The molecule has 1 aromatic heterocycles. The number of rotatable bonds is 3. The average Bonchev–Trinajstić information content (AvgIpc) is 2.31. The summed E-state index contributed by atoms with van der Waals surface area (Å²) < 4.78 is 9.02. The fourth-order valence-electron chi connectivity index (χ4n) is 1.13. The molecule has 0 spiro atoms. The van der Waals surface area contributed by atoms with Gasteiger partial charge < -0.3 is 9.47 Å². The van der Waals surface area contributed by atoms with Crippen molar-refractivity contribution in [3.8, 4) is 0 Å². The van der Waals surface area contributed by atoms with E-state index >= 15 is 0 Å². The van der Waals surface area contributed by atoms with Gasteiger partial charge in [0, 0.05) is 6.20 Å². The Bertz CT molecular complexity index is 372. The first-order valence-corrected chi connectivity index (χ1v) is 4.54. The summed E-state index contributed by atoms with van der Waals surface area (Å²) in [5, 5.41) is 0. The van der Waals surface area contributed by atoms with Gasteiger partial charge in [0.05, 0.1) is 31.8 Å². The van der Waals surface area contributed by atoms with E-state index in [2.05, 4.69) is 19.4 Å². The molecule has 6 nitrogen and oxygen atoms in total. The highest BCUT2D eigenvalue weighted by Gasteiger charge is 2.32. The van der Waals surface area contributed by atoms with Crippen molar-refractivity contribution in [3.63, 3.8) is 0 Å². The van der Waals surface area contributed by atoms with Crippen LogP contribution in [-0.2, 0) is 19.1 Å². The number of hydrogen-bond acceptors (Lipinski definition) is 6. The molecule has 0 aliphatic rings. The number of aromatic nitrogens is 2. The lowest BCUT2D eigenvalue weighted by molar-refractivity contribution is -0.154. The van der Waals surface area contributed by atoms with E-state index in [1.54, 1.807) is 6.92 Å². The van der Waals surface area contributed by atoms with E-state index in [1.807, 2.05) is 0 Å². The number of ether oxygens (including phenoxy) is 2. The number of hydrogen-bond donors (Lipinski definition) is 0. The van der Waals surface area contributed by atoms with Crippen LogP contribution in [0.15, 0.2) is 12.4 Å². The van der Waals surface area contributed by atoms with Crippen LogP contribution < -0.4 is 0 Å². The van der Waals surface area contributed by atoms with Crippen LogP contribution in [-0.4, -0.2) is 36.1 Å². The maximum absolute atomic E-state index is 11.4. The second-order valence-corrected chi connectivity index (χ2v) is 3.06. The fourth-order valence-corrected chi connectivity index (χ4v) is 1.13. The van der Waals surface area contributed by atoms with E-state index in [0.717, 1.165) is 0 Å². The molecule has 0 saturated carbocycles. The van der Waals surface area contributed by atoms with Crippen LogP contribution in [0, 0.1) is 6.92 Å². The predicted octanol–water partition coefficient (Wildman–Crippen LogP) is 0.215. The molecule has 0 unspecified atom stereocenters. The minimum Gasteiger partial charge on any atom is -0.468 e. The molecular formula is C10H12N2O4. The smallest absolute Gasteiger partial charge is 0.326 e. The van der Waals surface area contributed by atoms with Gasteiger partial charge in [0.2, 0.25) is 0 Å². The van der Waals surface area contributed by atoms with Crippen LogP contribution >= 0.6 is 0 Å². The van der Waals surface area contributed by atoms with Gasteiger partial charge in [-0.3, -0.25) is 19.6 Å². The van der Waals surface area contributed by atoms with Gasteiger partial charge in [-0.05, 0) is 6.92 Å². The van der Waals surface area contributed by atoms with Gasteiger partial charge in [-0.2, -0.15) is 0 Å². The van der Waals surface area contributed by atoms with E-state index in [0.29, 0.717) is 5.69 Å². The SMILES string of the molecule is COC(=O)C(C(=O)OC)c1cnc(C)cn1. The summed E-state index contributed by atoms with van der Waals surface area (Å²) >= 11 is 0. The lowest BCUT2D eigenvalue weighted by atomic mass is 10.1. The zero-order valence-electron chi connectivity index (χ0n) is 9.26. The second-order valence-electron chi connectivity index (χ2n) is 3.06. The van der Waals surface area contributed by atoms with Gasteiger partial charge >= 0.3 is 11.9 Å². The van der Waals surface area contributed by atoms with Crippen LogP contribution in [0.1, 0.15) is 17.3 Å². The van der Waals surface area contributed by atoms with Crippen LogP contribution in [0.25, 0.3) is 0 Å². The van der Waals surface area contributed by atoms with Gasteiger partial charge in [0.15, 0.2) is 5.92 Å². The van der Waals surface area contributed by atoms with Crippen molar-refractivity contribution < 1.29 is 19.1 Å². The van der Waals surface area contributed by atoms with Crippen molar-refractivity contribution >= 4 is 11.9 Å². The molecule has 0 saturated heterocycles. The lowest BCUT2D eigenvalue weighted by Gasteiger charge is -2.11. The first kappa shape index (κ1) is 12.1. The number of methoxy groups -OCH3 is 2. The van der Waals surface area contributed by atoms with Gasteiger partial charge in [-0.25, -0.2) is 0 Å². The van der Waals surface area contributed by atoms with E-state index in [9.17, 15) is 9.59 Å². The Balaban J connectivity index is 3.06. The third kappa shape index (κ3) is 2.53. The Morgan fingerprint density at radius 2 is 1.69 bits per heavy atom. The summed E-state index contributed by atoms with van der Waals surface area (Å²) in [6.07, 6.45) is 2.82. The lowest BCUT2D eigenvalue weighted by Crippen LogP contribution is -2.25. The molecule has 16 heavy (non-hydrogen) atoms. The van der Waals surface area contributed by atoms with Gasteiger partial charge in [0.25, 0.3) is 0 Å². The molecule has 0 radical (unpaired) electrons. The largest absolute Gasteiger partial charge is 0.468 e. The third-order valence-electron chi connectivity index (χ3n) is 1.97. The van der Waals surface area contributed by atoms with E-state index in [1.165, 1.54) is 26.6 Å². The summed E-state index contributed by atoms with van der Waals surface area (Å²) in [5.74, 6) is -2.61. The number of esters is 2. The quantitative estimate of drug-likeness (QED) is 0.539. The Kier molecular flexibility index (Phi) is 3.93. The number of nitrogens with zero attached hydrogens (tertiary/aromatic N) is 2. The van der Waals surface area contributed by atoms with E-state index in [4.69, 9.17) is 0 Å². The molecule has 0 aromatic carbocycles. The number of aryl methyl sites for hydroxylation is 1. The van der Waals surface area contributed by atoms with Crippen LogP contribution in [0.3, 0.4) is 0 Å². The highest BCUT2D eigenvalue weighted by Crippen LogP contribution is 2.15. The van der Waals surface area contributed by atoms with Crippen molar-refractivity contribution in [2.75, 3.05) is 14.2 Å². The van der Waals surface area contributed by atoms with Crippen molar-refractivity contribution in [1.82, 2.24) is 9.97 Å². The average molecular weight is 224 g/mol. The Labute approximate surface area is 92.6 Å². The van der Waals surface area contributed by atoms with Gasteiger partial charge in [-0.15, -0.1) is 0 Å². The summed E-state index contributed by atoms with van der Waals surface area (Å²) in [6.45, 7) is 1.75. The van der Waals surface area contributed by atoms with Crippen molar-refractivity contribution in [2.24, 2.45) is 0 Å². The Hall–Kier alpha value is -1.98. The maximum atomic E-state index is 11.4. The van der Waals surface area contributed by atoms with Gasteiger partial charge in [0.1, 0.15) is 0 Å². The minimum atomic E-state index is -1.18. The molecule has 0 aliphatic heterocycles. The summed E-state index contributed by atoms with van der Waals surface area (Å²) in [4.78, 5) is 30.7. The first-order valence-electron chi connectivity index (χ1n) is 4.54. The third-order valence-corrected chi connectivity index (χ3v) is 1.97. The first-order chi connectivity index (χ1) is 7.60. The summed E-state index contributed by atoms with van der Waals surface area (Å²) in [6, 6.07) is 0. The zero-order valence-corrected chi connectivity index (χ0v) is 9.26. The standard InChI is InChI=1S/C10H12N2O4/c1-6-4-12-7(5-11-6)8(9(13)15-2)10(14)16-3/h4-5,8H,1-3H3. The number of carbonyl (C=O) groups excluding carboxylic acids is 2. The predicted molar refractivity (Wildman–Crippen MR) is 53.5 cm³/mol. The molecule has 86 valence electrons. The Morgan fingerprint density at radius 3 is 2.06 bits per heavy atom. The molecule has 1 heterocycles. The molecule has 0 N–H and O–H groups in total. The molecule has 0 amide bonds. The molecular weight excluding hydrogens is 212 g/mol. The molecule has 6 heteroatoms. The normalized spacial score (nSPS) is 10.0. The van der Waals surface area contributed by atoms with Gasteiger partial charge in [-0.1, -0.05) is 0 Å². The molecule has 1 aromatic rings. The summed E-state index contributed by atoms with van der Waals surface area (Å²) in [7, 11) is 2.39. The molecule has 0 bridgehead atoms. The molecule has 1 rings (SSSR count). The number of carbonyl (C=O) groups is 2. The van der Waals surface area contributed by atoms with Crippen LogP contribution in [0.5, 0.6) is 0 Å². The molecule has 0 aliphatic carbocycles. The van der Waals surface area contributed by atoms with Crippen molar-refractivity contribution in [1.29, 1.82) is 0 Å². The maximum Gasteiger partial charge on any atom is 0.326 e. The fraction of sp³-hybridized carbons (Fsp3) is 0.400. The van der Waals surface area contributed by atoms with Crippen molar-refractivity contribution in [2.45, 2.75) is 12.8 Å². The van der Waals surface area contributed by atoms with Crippen LogP contribution in [0.4, 0.5) is 0 Å².